The van der Waals surface area contributed by atoms with Crippen molar-refractivity contribution in [3.8, 4) is 5.69 Å². The molecule has 4 nitrogen and oxygen atoms in total. The molecular formula is C21H22N2O2. The molecule has 0 aliphatic rings. The van der Waals surface area contributed by atoms with E-state index in [1.165, 1.54) is 10.9 Å². The van der Waals surface area contributed by atoms with Crippen LogP contribution in [0, 0.1) is 0 Å². The number of carbonyl (C=O) groups is 1. The molecule has 0 N–H and O–H groups in total. The van der Waals surface area contributed by atoms with Gasteiger partial charge in [-0.25, -0.2) is 4.79 Å². The number of carbonyl (C=O) groups excluding carboxylic acids is 1. The third-order valence-corrected chi connectivity index (χ3v) is 4.18. The van der Waals surface area contributed by atoms with Crippen LogP contribution in [0.1, 0.15) is 25.8 Å². The van der Waals surface area contributed by atoms with Crippen LogP contribution in [-0.2, 0) is 16.0 Å². The van der Waals surface area contributed by atoms with Gasteiger partial charge in [0, 0.05) is 23.4 Å². The average Bonchev–Trinajstić information content (AvgIpc) is 3.01. The topological polar surface area (TPSA) is 44.1 Å². The van der Waals surface area contributed by atoms with Crippen LogP contribution >= 0.6 is 0 Å². The SMILES string of the molecule is CCOC(=O)C(C)=CCCc1cn(-c2cccnc2)c2ccccc12. The largest absolute Gasteiger partial charge is 0.463 e. The first-order valence-electron chi connectivity index (χ1n) is 8.54. The van der Waals surface area contributed by atoms with E-state index in [0.29, 0.717) is 12.2 Å². The zero-order valence-corrected chi connectivity index (χ0v) is 14.6. The van der Waals surface area contributed by atoms with E-state index in [-0.39, 0.29) is 5.97 Å². The number of pyridine rings is 1. The first-order chi connectivity index (χ1) is 12.2. The highest BCUT2D eigenvalue weighted by atomic mass is 16.5. The van der Waals surface area contributed by atoms with Crippen molar-refractivity contribution >= 4 is 16.9 Å². The summed E-state index contributed by atoms with van der Waals surface area (Å²) in [7, 11) is 0. The number of hydrogen-bond acceptors (Lipinski definition) is 3. The van der Waals surface area contributed by atoms with Crippen LogP contribution in [0.4, 0.5) is 0 Å². The van der Waals surface area contributed by atoms with Gasteiger partial charge in [0.05, 0.1) is 24.0 Å². The highest BCUT2D eigenvalue weighted by molar-refractivity contribution is 5.88. The molecule has 0 saturated carbocycles. The van der Waals surface area contributed by atoms with E-state index in [1.807, 2.05) is 37.4 Å². The van der Waals surface area contributed by atoms with Crippen molar-refractivity contribution in [2.45, 2.75) is 26.7 Å². The molecule has 4 heteroatoms. The van der Waals surface area contributed by atoms with Gasteiger partial charge in [-0.05, 0) is 50.5 Å². The summed E-state index contributed by atoms with van der Waals surface area (Å²) in [5.41, 5.74) is 4.13. The number of fused-ring (bicyclic) bond motifs is 1. The molecule has 0 aliphatic carbocycles. The standard InChI is InChI=1S/C21H22N2O2/c1-3-25-21(24)16(2)8-6-9-17-15-23(18-10-7-13-22-14-18)20-12-5-4-11-19(17)20/h4-5,7-8,10-15H,3,6,9H2,1-2H3. The van der Waals surface area contributed by atoms with Crippen LogP contribution in [0.3, 0.4) is 0 Å². The van der Waals surface area contributed by atoms with Gasteiger partial charge in [-0.15, -0.1) is 0 Å². The second-order valence-corrected chi connectivity index (χ2v) is 5.90. The quantitative estimate of drug-likeness (QED) is 0.493. The third kappa shape index (κ3) is 3.79. The number of benzene rings is 1. The molecule has 0 bridgehead atoms. The molecule has 0 fully saturated rings. The lowest BCUT2D eigenvalue weighted by molar-refractivity contribution is -0.138. The molecular weight excluding hydrogens is 312 g/mol. The minimum atomic E-state index is -0.236. The number of ether oxygens (including phenoxy) is 1. The van der Waals surface area contributed by atoms with Gasteiger partial charge in [0.25, 0.3) is 0 Å². The molecule has 128 valence electrons. The predicted molar refractivity (Wildman–Crippen MR) is 99.8 cm³/mol. The van der Waals surface area contributed by atoms with E-state index in [2.05, 4.69) is 33.9 Å². The Bertz CT molecular complexity index is 895. The molecule has 25 heavy (non-hydrogen) atoms. The van der Waals surface area contributed by atoms with E-state index < -0.39 is 0 Å². The molecule has 0 spiro atoms. The lowest BCUT2D eigenvalue weighted by atomic mass is 10.1. The Morgan fingerprint density at radius 2 is 2.08 bits per heavy atom. The van der Waals surface area contributed by atoms with E-state index in [9.17, 15) is 4.79 Å². The number of hydrogen-bond donors (Lipinski definition) is 0. The Labute approximate surface area is 147 Å². The van der Waals surface area contributed by atoms with Crippen LogP contribution in [0.15, 0.2) is 66.6 Å². The number of aryl methyl sites for hydroxylation is 1. The number of rotatable bonds is 6. The lowest BCUT2D eigenvalue weighted by Gasteiger charge is -2.03. The third-order valence-electron chi connectivity index (χ3n) is 4.18. The molecule has 1 aromatic carbocycles. The second-order valence-electron chi connectivity index (χ2n) is 5.90. The van der Waals surface area contributed by atoms with Gasteiger partial charge in [0.1, 0.15) is 0 Å². The Hall–Kier alpha value is -2.88. The molecule has 0 atom stereocenters. The molecule has 0 unspecified atom stereocenters. The fourth-order valence-corrected chi connectivity index (χ4v) is 2.93. The zero-order valence-electron chi connectivity index (χ0n) is 14.6. The molecule has 2 aromatic heterocycles. The summed E-state index contributed by atoms with van der Waals surface area (Å²) in [6, 6.07) is 12.3. The Morgan fingerprint density at radius 3 is 2.84 bits per heavy atom. The van der Waals surface area contributed by atoms with Crippen LogP contribution in [0.5, 0.6) is 0 Å². The summed E-state index contributed by atoms with van der Waals surface area (Å²) in [5, 5.41) is 1.23. The smallest absolute Gasteiger partial charge is 0.333 e. The number of aromatic nitrogens is 2. The van der Waals surface area contributed by atoms with Gasteiger partial charge in [0.2, 0.25) is 0 Å². The zero-order chi connectivity index (χ0) is 17.6. The highest BCUT2D eigenvalue weighted by Crippen LogP contribution is 2.25. The van der Waals surface area contributed by atoms with E-state index in [0.717, 1.165) is 24.0 Å². The molecule has 3 rings (SSSR count). The summed E-state index contributed by atoms with van der Waals surface area (Å²) in [4.78, 5) is 15.9. The fraction of sp³-hybridized carbons (Fsp3) is 0.238. The molecule has 0 saturated heterocycles. The maximum absolute atomic E-state index is 11.7. The first-order valence-corrected chi connectivity index (χ1v) is 8.54. The lowest BCUT2D eigenvalue weighted by Crippen LogP contribution is -2.05. The predicted octanol–water partition coefficient (Wildman–Crippen LogP) is 4.47. The fourth-order valence-electron chi connectivity index (χ4n) is 2.93. The summed E-state index contributed by atoms with van der Waals surface area (Å²) < 4.78 is 7.19. The monoisotopic (exact) mass is 334 g/mol. The summed E-state index contributed by atoms with van der Waals surface area (Å²) in [6.45, 7) is 4.03. The van der Waals surface area contributed by atoms with Gasteiger partial charge >= 0.3 is 5.97 Å². The van der Waals surface area contributed by atoms with Crippen molar-refractivity contribution in [1.29, 1.82) is 0 Å². The van der Waals surface area contributed by atoms with Crippen molar-refractivity contribution in [3.63, 3.8) is 0 Å². The maximum Gasteiger partial charge on any atom is 0.333 e. The normalized spacial score (nSPS) is 11.7. The summed E-state index contributed by atoms with van der Waals surface area (Å²) >= 11 is 0. The van der Waals surface area contributed by atoms with E-state index >= 15 is 0 Å². The van der Waals surface area contributed by atoms with Gasteiger partial charge in [0.15, 0.2) is 0 Å². The van der Waals surface area contributed by atoms with Crippen LogP contribution in [0.2, 0.25) is 0 Å². The minimum Gasteiger partial charge on any atom is -0.463 e. The average molecular weight is 334 g/mol. The summed E-state index contributed by atoms with van der Waals surface area (Å²) in [5.74, 6) is -0.236. The highest BCUT2D eigenvalue weighted by Gasteiger charge is 2.09. The van der Waals surface area contributed by atoms with Gasteiger partial charge in [-0.3, -0.25) is 4.98 Å². The van der Waals surface area contributed by atoms with Crippen LogP contribution < -0.4 is 0 Å². The van der Waals surface area contributed by atoms with Crippen molar-refractivity contribution in [2.24, 2.45) is 0 Å². The van der Waals surface area contributed by atoms with Crippen molar-refractivity contribution in [1.82, 2.24) is 9.55 Å². The molecule has 0 aliphatic heterocycles. The van der Waals surface area contributed by atoms with E-state index in [4.69, 9.17) is 4.74 Å². The van der Waals surface area contributed by atoms with Gasteiger partial charge in [-0.2, -0.15) is 0 Å². The number of nitrogens with zero attached hydrogens (tertiary/aromatic N) is 2. The first kappa shape index (κ1) is 17.0. The summed E-state index contributed by atoms with van der Waals surface area (Å²) in [6.07, 6.45) is 9.42. The van der Waals surface area contributed by atoms with E-state index in [1.54, 1.807) is 13.1 Å². The van der Waals surface area contributed by atoms with Gasteiger partial charge in [-0.1, -0.05) is 24.3 Å². The number of para-hydroxylation sites is 1. The molecule has 0 amide bonds. The van der Waals surface area contributed by atoms with Crippen molar-refractivity contribution in [2.75, 3.05) is 6.61 Å². The molecule has 3 aromatic rings. The Morgan fingerprint density at radius 1 is 1.24 bits per heavy atom. The Balaban J connectivity index is 1.85. The molecule has 2 heterocycles. The minimum absolute atomic E-state index is 0.236. The van der Waals surface area contributed by atoms with Crippen molar-refractivity contribution in [3.05, 3.63) is 72.2 Å². The van der Waals surface area contributed by atoms with Gasteiger partial charge < -0.3 is 9.30 Å². The number of esters is 1. The Kier molecular flexibility index (Phi) is 5.29. The van der Waals surface area contributed by atoms with Crippen LogP contribution in [-0.4, -0.2) is 22.1 Å². The molecule has 0 radical (unpaired) electrons. The second kappa shape index (κ2) is 7.79. The maximum atomic E-state index is 11.7. The number of allylic oxidation sites excluding steroid dienone is 1. The van der Waals surface area contributed by atoms with Crippen LogP contribution in [0.25, 0.3) is 16.6 Å². The van der Waals surface area contributed by atoms with Crippen molar-refractivity contribution < 1.29 is 9.53 Å².